The average Bonchev–Trinajstić information content (AvgIpc) is 2.03. The first-order valence-corrected chi connectivity index (χ1v) is 4.68. The molecular formula is C9H19ClN2O2. The van der Waals surface area contributed by atoms with E-state index < -0.39 is 6.10 Å². The number of carbonyl (C=O) groups excluding carboxylic acids is 1. The molecular weight excluding hydrogens is 204 g/mol. The van der Waals surface area contributed by atoms with E-state index in [1.807, 2.05) is 6.92 Å². The molecule has 3 N–H and O–H groups in total. The van der Waals surface area contributed by atoms with Crippen molar-refractivity contribution in [1.29, 1.82) is 0 Å². The van der Waals surface area contributed by atoms with E-state index in [4.69, 9.17) is 10.8 Å². The summed E-state index contributed by atoms with van der Waals surface area (Å²) >= 11 is 0. The Bertz CT molecular complexity index is 197. The van der Waals surface area contributed by atoms with Crippen LogP contribution in [-0.2, 0) is 4.79 Å². The van der Waals surface area contributed by atoms with Crippen LogP contribution < -0.4 is 5.73 Å². The lowest BCUT2D eigenvalue weighted by Crippen LogP contribution is -2.51. The second-order valence-corrected chi connectivity index (χ2v) is 4.16. The fraction of sp³-hybridized carbons (Fsp3) is 0.889. The molecule has 0 aromatic heterocycles. The van der Waals surface area contributed by atoms with E-state index in [0.29, 0.717) is 13.1 Å². The lowest BCUT2D eigenvalue weighted by molar-refractivity contribution is -0.140. The Morgan fingerprint density at radius 3 is 2.29 bits per heavy atom. The second kappa shape index (κ2) is 4.96. The van der Waals surface area contributed by atoms with Gasteiger partial charge in [-0.2, -0.15) is 0 Å². The maximum Gasteiger partial charge on any atom is 0.251 e. The molecule has 0 spiro atoms. The number of likely N-dealkylation sites (tertiary alicyclic amines) is 1. The van der Waals surface area contributed by atoms with Gasteiger partial charge in [0.2, 0.25) is 0 Å². The van der Waals surface area contributed by atoms with Crippen molar-refractivity contribution in [2.75, 3.05) is 13.1 Å². The summed E-state index contributed by atoms with van der Waals surface area (Å²) in [5.41, 5.74) is 5.77. The molecule has 4 nitrogen and oxygen atoms in total. The molecule has 1 rings (SSSR count). The van der Waals surface area contributed by atoms with Crippen LogP contribution in [0.15, 0.2) is 0 Å². The summed E-state index contributed by atoms with van der Waals surface area (Å²) < 4.78 is 0. The van der Waals surface area contributed by atoms with Gasteiger partial charge in [-0.1, -0.05) is 0 Å². The first kappa shape index (κ1) is 13.7. The smallest absolute Gasteiger partial charge is 0.251 e. The molecule has 0 unspecified atom stereocenters. The molecule has 1 heterocycles. The van der Waals surface area contributed by atoms with Crippen LogP contribution in [-0.4, -0.2) is 40.6 Å². The molecule has 1 atom stereocenters. The van der Waals surface area contributed by atoms with Crippen molar-refractivity contribution in [3.05, 3.63) is 0 Å². The van der Waals surface area contributed by atoms with Crippen LogP contribution in [0.1, 0.15) is 26.7 Å². The lowest BCUT2D eigenvalue weighted by atomic mass is 9.91. The van der Waals surface area contributed by atoms with Gasteiger partial charge in [0.1, 0.15) is 6.10 Å². The van der Waals surface area contributed by atoms with Crippen molar-refractivity contribution < 1.29 is 9.90 Å². The lowest BCUT2D eigenvalue weighted by Gasteiger charge is -2.37. The highest BCUT2D eigenvalue weighted by atomic mass is 35.5. The highest BCUT2D eigenvalue weighted by molar-refractivity contribution is 5.85. The van der Waals surface area contributed by atoms with E-state index in [1.165, 1.54) is 6.92 Å². The molecule has 1 amide bonds. The van der Waals surface area contributed by atoms with Gasteiger partial charge in [-0.15, -0.1) is 12.4 Å². The number of hydrogen-bond donors (Lipinski definition) is 2. The van der Waals surface area contributed by atoms with Gasteiger partial charge < -0.3 is 15.7 Å². The highest BCUT2D eigenvalue weighted by Gasteiger charge is 2.29. The summed E-state index contributed by atoms with van der Waals surface area (Å²) in [7, 11) is 0. The molecule has 0 bridgehead atoms. The van der Waals surface area contributed by atoms with Crippen LogP contribution in [0.25, 0.3) is 0 Å². The molecule has 14 heavy (non-hydrogen) atoms. The SMILES string of the molecule is C[C@H](O)C(=O)N1CCC(C)(N)CC1.Cl. The third kappa shape index (κ3) is 3.44. The minimum atomic E-state index is -0.887. The van der Waals surface area contributed by atoms with E-state index in [-0.39, 0.29) is 23.9 Å². The maximum atomic E-state index is 11.3. The molecule has 0 aromatic rings. The van der Waals surface area contributed by atoms with E-state index in [0.717, 1.165) is 12.8 Å². The number of piperidine rings is 1. The zero-order valence-electron chi connectivity index (χ0n) is 8.69. The zero-order chi connectivity index (χ0) is 10.1. The molecule has 0 aromatic carbocycles. The van der Waals surface area contributed by atoms with E-state index in [9.17, 15) is 4.79 Å². The maximum absolute atomic E-state index is 11.3. The van der Waals surface area contributed by atoms with Gasteiger partial charge in [-0.25, -0.2) is 0 Å². The zero-order valence-corrected chi connectivity index (χ0v) is 9.51. The number of nitrogens with two attached hydrogens (primary N) is 1. The monoisotopic (exact) mass is 222 g/mol. The van der Waals surface area contributed by atoms with Crippen LogP contribution in [0.5, 0.6) is 0 Å². The van der Waals surface area contributed by atoms with Gasteiger partial charge in [0, 0.05) is 18.6 Å². The summed E-state index contributed by atoms with van der Waals surface area (Å²) in [5, 5.41) is 9.08. The molecule has 1 saturated heterocycles. The average molecular weight is 223 g/mol. The molecule has 1 fully saturated rings. The highest BCUT2D eigenvalue weighted by Crippen LogP contribution is 2.18. The van der Waals surface area contributed by atoms with Crippen molar-refractivity contribution in [3.8, 4) is 0 Å². The van der Waals surface area contributed by atoms with Gasteiger partial charge in [0.15, 0.2) is 0 Å². The summed E-state index contributed by atoms with van der Waals surface area (Å²) in [5.74, 6) is -0.185. The number of aliphatic hydroxyl groups excluding tert-OH is 1. The fourth-order valence-electron chi connectivity index (χ4n) is 1.50. The molecule has 84 valence electrons. The van der Waals surface area contributed by atoms with Crippen molar-refractivity contribution in [2.24, 2.45) is 5.73 Å². The minimum absolute atomic E-state index is 0. The Hall–Kier alpha value is -0.320. The van der Waals surface area contributed by atoms with Crippen molar-refractivity contribution >= 4 is 18.3 Å². The van der Waals surface area contributed by atoms with Gasteiger partial charge in [0.25, 0.3) is 5.91 Å². The number of hydrogen-bond acceptors (Lipinski definition) is 3. The van der Waals surface area contributed by atoms with Crippen LogP contribution in [0.4, 0.5) is 0 Å². The van der Waals surface area contributed by atoms with Gasteiger partial charge in [0.05, 0.1) is 0 Å². The van der Waals surface area contributed by atoms with E-state index in [2.05, 4.69) is 0 Å². The van der Waals surface area contributed by atoms with Crippen molar-refractivity contribution in [1.82, 2.24) is 4.90 Å². The number of amides is 1. The number of rotatable bonds is 1. The van der Waals surface area contributed by atoms with Gasteiger partial charge in [-0.3, -0.25) is 4.79 Å². The van der Waals surface area contributed by atoms with Gasteiger partial charge >= 0.3 is 0 Å². The first-order chi connectivity index (χ1) is 5.92. The fourth-order valence-corrected chi connectivity index (χ4v) is 1.50. The largest absolute Gasteiger partial charge is 0.384 e. The normalized spacial score (nSPS) is 22.4. The van der Waals surface area contributed by atoms with E-state index in [1.54, 1.807) is 4.90 Å². The van der Waals surface area contributed by atoms with Crippen LogP contribution in [0.2, 0.25) is 0 Å². The quantitative estimate of drug-likeness (QED) is 0.663. The molecule has 0 radical (unpaired) electrons. The predicted octanol–water partition coefficient (Wildman–Crippen LogP) is 0.129. The topological polar surface area (TPSA) is 66.6 Å². The Labute approximate surface area is 90.9 Å². The van der Waals surface area contributed by atoms with Crippen LogP contribution in [0, 0.1) is 0 Å². The molecule has 5 heteroatoms. The van der Waals surface area contributed by atoms with Crippen molar-refractivity contribution in [2.45, 2.75) is 38.3 Å². The second-order valence-electron chi connectivity index (χ2n) is 4.16. The summed E-state index contributed by atoms with van der Waals surface area (Å²) in [4.78, 5) is 13.0. The predicted molar refractivity (Wildman–Crippen MR) is 57.3 cm³/mol. The summed E-state index contributed by atoms with van der Waals surface area (Å²) in [6.45, 7) is 4.82. The standard InChI is InChI=1S/C9H18N2O2.ClH/c1-7(12)8(13)11-5-3-9(2,10)4-6-11;/h7,12H,3-6,10H2,1-2H3;1H/t7-;/m0./s1. The Kier molecular flexibility index (Phi) is 4.84. The minimum Gasteiger partial charge on any atom is -0.384 e. The summed E-state index contributed by atoms with van der Waals surface area (Å²) in [6.07, 6.45) is 0.735. The first-order valence-electron chi connectivity index (χ1n) is 4.68. The third-order valence-electron chi connectivity index (χ3n) is 2.57. The number of carbonyl (C=O) groups is 1. The van der Waals surface area contributed by atoms with Gasteiger partial charge in [-0.05, 0) is 26.7 Å². The number of aliphatic hydroxyl groups is 1. The van der Waals surface area contributed by atoms with E-state index >= 15 is 0 Å². The molecule has 0 aliphatic carbocycles. The van der Waals surface area contributed by atoms with Crippen LogP contribution >= 0.6 is 12.4 Å². The Balaban J connectivity index is 0.00000169. The number of halogens is 1. The molecule has 1 aliphatic rings. The Morgan fingerprint density at radius 2 is 1.93 bits per heavy atom. The Morgan fingerprint density at radius 1 is 1.50 bits per heavy atom. The third-order valence-corrected chi connectivity index (χ3v) is 2.57. The molecule has 1 aliphatic heterocycles. The molecule has 0 saturated carbocycles. The van der Waals surface area contributed by atoms with Crippen LogP contribution in [0.3, 0.4) is 0 Å². The number of nitrogens with zero attached hydrogens (tertiary/aromatic N) is 1. The van der Waals surface area contributed by atoms with Crippen molar-refractivity contribution in [3.63, 3.8) is 0 Å². The summed E-state index contributed by atoms with van der Waals surface area (Å²) in [6, 6.07) is 0.